The topological polar surface area (TPSA) is 54.5 Å². The summed E-state index contributed by atoms with van der Waals surface area (Å²) in [6.07, 6.45) is 0.623. The smallest absolute Gasteiger partial charge is 0.281 e. The molecule has 0 amide bonds. The van der Waals surface area contributed by atoms with Gasteiger partial charge in [0.2, 0.25) is 15.1 Å². The van der Waals surface area contributed by atoms with E-state index in [1.807, 2.05) is 0 Å². The molecule has 0 saturated carbocycles. The summed E-state index contributed by atoms with van der Waals surface area (Å²) in [6, 6.07) is 3.96. The summed E-state index contributed by atoms with van der Waals surface area (Å²) < 4.78 is 69.1. The molecular weight excluding hydrogens is 427 g/mol. The SMILES string of the molecule is Cc1ccc(S(=O)(=O)C2(N3CCC(C(=O)Cl)CC3C(F)(F)F)C=CC=CC2)cc1. The third-order valence-electron chi connectivity index (χ3n) is 5.60. The Morgan fingerprint density at radius 2 is 1.86 bits per heavy atom. The van der Waals surface area contributed by atoms with E-state index in [2.05, 4.69) is 0 Å². The Kier molecular flexibility index (Phi) is 6.00. The number of hydrogen-bond acceptors (Lipinski definition) is 4. The number of sulfone groups is 1. The number of nitrogens with zero attached hydrogens (tertiary/aromatic N) is 1. The van der Waals surface area contributed by atoms with Gasteiger partial charge in [0, 0.05) is 18.9 Å². The molecular formula is C20H21ClF3NO3S. The van der Waals surface area contributed by atoms with Gasteiger partial charge in [-0.15, -0.1) is 0 Å². The van der Waals surface area contributed by atoms with E-state index in [-0.39, 0.29) is 24.3 Å². The van der Waals surface area contributed by atoms with E-state index in [4.69, 9.17) is 11.6 Å². The van der Waals surface area contributed by atoms with Crippen LogP contribution in [-0.4, -0.2) is 42.2 Å². The standard InChI is InChI=1S/C20H21ClF3NO3S/c1-14-5-7-16(8-6-14)29(27,28)19(10-3-2-4-11-19)25-12-9-15(18(21)26)13-17(25)20(22,23)24/h2-8,10,15,17H,9,11-13H2,1H3. The Morgan fingerprint density at radius 3 is 2.38 bits per heavy atom. The Morgan fingerprint density at radius 1 is 1.21 bits per heavy atom. The van der Waals surface area contributed by atoms with Crippen molar-refractivity contribution in [2.24, 2.45) is 5.92 Å². The van der Waals surface area contributed by atoms with E-state index in [0.717, 1.165) is 10.5 Å². The molecule has 1 heterocycles. The Hall–Kier alpha value is -1.64. The number of carbonyl (C=O) groups is 1. The second kappa shape index (κ2) is 7.89. The van der Waals surface area contributed by atoms with Gasteiger partial charge in [-0.2, -0.15) is 13.2 Å². The normalized spacial score (nSPS) is 28.4. The minimum absolute atomic E-state index is 0.0421. The predicted octanol–water partition coefficient (Wildman–Crippen LogP) is 4.39. The number of carbonyl (C=O) groups excluding carboxylic acids is 1. The lowest BCUT2D eigenvalue weighted by molar-refractivity contribution is -0.202. The molecule has 9 heteroatoms. The van der Waals surface area contributed by atoms with Crippen LogP contribution in [0.15, 0.2) is 53.5 Å². The van der Waals surface area contributed by atoms with Gasteiger partial charge in [0.1, 0.15) is 6.04 Å². The lowest BCUT2D eigenvalue weighted by Crippen LogP contribution is -2.63. The van der Waals surface area contributed by atoms with Crippen molar-refractivity contribution >= 4 is 26.7 Å². The monoisotopic (exact) mass is 447 g/mol. The van der Waals surface area contributed by atoms with Gasteiger partial charge in [-0.05, 0) is 49.6 Å². The van der Waals surface area contributed by atoms with Gasteiger partial charge in [0.15, 0.2) is 4.87 Å². The summed E-state index contributed by atoms with van der Waals surface area (Å²) in [5.41, 5.74) is 0.840. The van der Waals surface area contributed by atoms with Crippen molar-refractivity contribution in [1.82, 2.24) is 4.90 Å². The molecule has 2 aliphatic rings. The van der Waals surface area contributed by atoms with Crippen LogP contribution in [0.5, 0.6) is 0 Å². The maximum atomic E-state index is 14.0. The van der Waals surface area contributed by atoms with Gasteiger partial charge in [-0.1, -0.05) is 35.9 Å². The van der Waals surface area contributed by atoms with Crippen molar-refractivity contribution in [3.05, 3.63) is 54.1 Å². The second-order valence-corrected chi connectivity index (χ2v) is 9.99. The van der Waals surface area contributed by atoms with Gasteiger partial charge in [0.05, 0.1) is 4.90 Å². The van der Waals surface area contributed by atoms with Gasteiger partial charge >= 0.3 is 6.18 Å². The van der Waals surface area contributed by atoms with Crippen molar-refractivity contribution in [2.75, 3.05) is 6.54 Å². The van der Waals surface area contributed by atoms with Crippen LogP contribution in [0.25, 0.3) is 0 Å². The maximum absolute atomic E-state index is 14.0. The number of halogens is 4. The third-order valence-corrected chi connectivity index (χ3v) is 8.27. The minimum Gasteiger partial charge on any atom is -0.281 e. The number of aryl methyl sites for hydroxylation is 1. The molecule has 1 aliphatic carbocycles. The van der Waals surface area contributed by atoms with E-state index in [9.17, 15) is 26.4 Å². The average molecular weight is 448 g/mol. The zero-order chi connectivity index (χ0) is 21.4. The molecule has 3 atom stereocenters. The Bertz CT molecular complexity index is 941. The van der Waals surface area contributed by atoms with Crippen LogP contribution in [0.1, 0.15) is 24.8 Å². The molecule has 1 aliphatic heterocycles. The van der Waals surface area contributed by atoms with Gasteiger partial charge in [-0.25, -0.2) is 8.42 Å². The highest BCUT2D eigenvalue weighted by atomic mass is 35.5. The molecule has 0 N–H and O–H groups in total. The highest BCUT2D eigenvalue weighted by molar-refractivity contribution is 7.93. The summed E-state index contributed by atoms with van der Waals surface area (Å²) in [7, 11) is -4.20. The first kappa shape index (κ1) is 22.1. The first-order valence-electron chi connectivity index (χ1n) is 9.17. The first-order valence-corrected chi connectivity index (χ1v) is 11.0. The number of rotatable bonds is 4. The fourth-order valence-electron chi connectivity index (χ4n) is 4.01. The fraction of sp³-hybridized carbons (Fsp3) is 0.450. The molecule has 0 bridgehead atoms. The predicted molar refractivity (Wildman–Crippen MR) is 104 cm³/mol. The van der Waals surface area contributed by atoms with Crippen LogP contribution in [0.3, 0.4) is 0 Å². The van der Waals surface area contributed by atoms with Crippen molar-refractivity contribution in [2.45, 2.75) is 48.2 Å². The lowest BCUT2D eigenvalue weighted by atomic mass is 9.88. The molecule has 0 spiro atoms. The van der Waals surface area contributed by atoms with E-state index < -0.39 is 44.5 Å². The van der Waals surface area contributed by atoms with Crippen LogP contribution in [0, 0.1) is 12.8 Å². The molecule has 1 saturated heterocycles. The van der Waals surface area contributed by atoms with Crippen LogP contribution >= 0.6 is 11.6 Å². The molecule has 1 aromatic rings. The first-order chi connectivity index (χ1) is 13.5. The highest BCUT2D eigenvalue weighted by Gasteiger charge is 2.58. The summed E-state index contributed by atoms with van der Waals surface area (Å²) in [5, 5.41) is -0.826. The fourth-order valence-corrected chi connectivity index (χ4v) is 6.21. The number of alkyl halides is 3. The van der Waals surface area contributed by atoms with Crippen LogP contribution < -0.4 is 0 Å². The van der Waals surface area contributed by atoms with Crippen LogP contribution in [0.4, 0.5) is 13.2 Å². The van der Waals surface area contributed by atoms with Crippen molar-refractivity contribution < 1.29 is 26.4 Å². The Labute approximate surface area is 172 Å². The molecule has 1 aromatic carbocycles. The highest BCUT2D eigenvalue weighted by Crippen LogP contribution is 2.45. The van der Waals surface area contributed by atoms with Crippen molar-refractivity contribution in [3.8, 4) is 0 Å². The molecule has 1 fully saturated rings. The molecule has 3 rings (SSSR count). The summed E-state index contributed by atoms with van der Waals surface area (Å²) in [6.45, 7) is 1.58. The zero-order valence-electron chi connectivity index (χ0n) is 15.7. The molecule has 3 unspecified atom stereocenters. The van der Waals surface area contributed by atoms with Crippen molar-refractivity contribution in [1.29, 1.82) is 0 Å². The zero-order valence-corrected chi connectivity index (χ0v) is 17.3. The number of benzene rings is 1. The van der Waals surface area contributed by atoms with E-state index in [1.165, 1.54) is 24.3 Å². The second-order valence-electron chi connectivity index (χ2n) is 7.43. The van der Waals surface area contributed by atoms with E-state index >= 15 is 0 Å². The van der Waals surface area contributed by atoms with E-state index in [0.29, 0.717) is 0 Å². The molecule has 29 heavy (non-hydrogen) atoms. The molecule has 4 nitrogen and oxygen atoms in total. The third kappa shape index (κ3) is 4.02. The van der Waals surface area contributed by atoms with Gasteiger partial charge in [-0.3, -0.25) is 9.69 Å². The molecule has 0 radical (unpaired) electrons. The number of piperidine rings is 1. The molecule has 0 aromatic heterocycles. The van der Waals surface area contributed by atoms with Gasteiger partial charge < -0.3 is 0 Å². The average Bonchev–Trinajstić information content (AvgIpc) is 2.67. The maximum Gasteiger partial charge on any atom is 0.404 e. The number of likely N-dealkylation sites (tertiary alicyclic amines) is 1. The molecule has 158 valence electrons. The summed E-state index contributed by atoms with van der Waals surface area (Å²) in [4.78, 5) is 10.6. The number of allylic oxidation sites excluding steroid dienone is 2. The lowest BCUT2D eigenvalue weighted by Gasteiger charge is -2.49. The number of hydrogen-bond donors (Lipinski definition) is 0. The summed E-state index contributed by atoms with van der Waals surface area (Å²) in [5.74, 6) is -0.957. The van der Waals surface area contributed by atoms with Crippen LogP contribution in [0.2, 0.25) is 0 Å². The quantitative estimate of drug-likeness (QED) is 0.642. The van der Waals surface area contributed by atoms with Crippen molar-refractivity contribution in [3.63, 3.8) is 0 Å². The van der Waals surface area contributed by atoms with E-state index in [1.54, 1.807) is 31.2 Å². The largest absolute Gasteiger partial charge is 0.404 e. The minimum atomic E-state index is -4.71. The van der Waals surface area contributed by atoms with Crippen LogP contribution in [-0.2, 0) is 14.6 Å². The van der Waals surface area contributed by atoms with Gasteiger partial charge in [0.25, 0.3) is 0 Å². The Balaban J connectivity index is 2.13. The summed E-state index contributed by atoms with van der Waals surface area (Å²) >= 11 is 5.47.